The second kappa shape index (κ2) is 8.30. The Labute approximate surface area is 153 Å². The Balaban J connectivity index is 1.84. The van der Waals surface area contributed by atoms with Crippen LogP contribution in [0.1, 0.15) is 48.7 Å². The summed E-state index contributed by atoms with van der Waals surface area (Å²) in [5.74, 6) is -0.518. The molecule has 0 radical (unpaired) electrons. The van der Waals surface area contributed by atoms with Gasteiger partial charge in [0.05, 0.1) is 12.0 Å². The zero-order valence-corrected chi connectivity index (χ0v) is 15.2. The number of nitrogens with zero attached hydrogens (tertiary/aromatic N) is 1. The van der Waals surface area contributed by atoms with E-state index in [0.717, 1.165) is 5.56 Å². The molecule has 5 heteroatoms. The Morgan fingerprint density at radius 1 is 1.08 bits per heavy atom. The topological polar surface area (TPSA) is 79.2 Å². The molecule has 2 rings (SSSR count). The van der Waals surface area contributed by atoms with Gasteiger partial charge in [-0.1, -0.05) is 45.0 Å². The van der Waals surface area contributed by atoms with E-state index in [2.05, 4.69) is 26.1 Å². The summed E-state index contributed by atoms with van der Waals surface area (Å²) in [7, 11) is 0. The molecule has 1 N–H and O–H groups in total. The van der Waals surface area contributed by atoms with Gasteiger partial charge in [-0.15, -0.1) is 0 Å². The van der Waals surface area contributed by atoms with Gasteiger partial charge >= 0.3 is 5.97 Å². The minimum atomic E-state index is -0.504. The average molecular weight is 350 g/mol. The van der Waals surface area contributed by atoms with Crippen molar-refractivity contribution < 1.29 is 14.3 Å². The lowest BCUT2D eigenvalue weighted by molar-refractivity contribution is -0.134. The number of hydrogen-bond acceptors (Lipinski definition) is 4. The van der Waals surface area contributed by atoms with E-state index in [9.17, 15) is 9.59 Å². The molecule has 134 valence electrons. The molecule has 0 saturated carbocycles. The molecule has 26 heavy (non-hydrogen) atoms. The van der Waals surface area contributed by atoms with Crippen molar-refractivity contribution in [2.45, 2.75) is 32.6 Å². The molecule has 0 unspecified atom stereocenters. The smallest absolute Gasteiger partial charge is 0.313 e. The van der Waals surface area contributed by atoms with Crippen molar-refractivity contribution >= 4 is 11.9 Å². The van der Waals surface area contributed by atoms with Crippen molar-refractivity contribution in [3.05, 3.63) is 65.2 Å². The fourth-order valence-corrected chi connectivity index (χ4v) is 2.32. The molecular weight excluding hydrogens is 328 g/mol. The molecule has 0 spiro atoms. The number of para-hydroxylation sites is 1. The quantitative estimate of drug-likeness (QED) is 0.660. The maximum atomic E-state index is 12.1. The third kappa shape index (κ3) is 5.18. The number of nitriles is 1. The van der Waals surface area contributed by atoms with Crippen LogP contribution in [0.5, 0.6) is 5.75 Å². The highest BCUT2D eigenvalue weighted by atomic mass is 16.5. The Bertz CT molecular complexity index is 828. The van der Waals surface area contributed by atoms with Gasteiger partial charge in [0.2, 0.25) is 0 Å². The second-order valence-corrected chi connectivity index (χ2v) is 6.92. The summed E-state index contributed by atoms with van der Waals surface area (Å²) in [4.78, 5) is 24.0. The maximum Gasteiger partial charge on any atom is 0.313 e. The van der Waals surface area contributed by atoms with Gasteiger partial charge in [0.15, 0.2) is 0 Å². The third-order valence-electron chi connectivity index (χ3n) is 3.86. The van der Waals surface area contributed by atoms with Gasteiger partial charge in [-0.2, -0.15) is 5.26 Å². The first-order valence-corrected chi connectivity index (χ1v) is 8.40. The fourth-order valence-electron chi connectivity index (χ4n) is 2.32. The van der Waals surface area contributed by atoms with E-state index in [1.807, 2.05) is 18.2 Å². The Morgan fingerprint density at radius 2 is 1.73 bits per heavy atom. The molecule has 5 nitrogen and oxygen atoms in total. The first kappa shape index (κ1) is 19.2. The van der Waals surface area contributed by atoms with Crippen LogP contribution in [0.4, 0.5) is 0 Å². The summed E-state index contributed by atoms with van der Waals surface area (Å²) in [6.07, 6.45) is 0.0194. The number of carbonyl (C=O) groups is 2. The summed E-state index contributed by atoms with van der Waals surface area (Å²) < 4.78 is 5.16. The second-order valence-electron chi connectivity index (χ2n) is 6.92. The predicted octanol–water partition coefficient (Wildman–Crippen LogP) is 3.58. The molecule has 2 aromatic rings. The van der Waals surface area contributed by atoms with E-state index in [1.54, 1.807) is 36.4 Å². The van der Waals surface area contributed by atoms with Crippen molar-refractivity contribution in [1.29, 1.82) is 5.26 Å². The van der Waals surface area contributed by atoms with Crippen LogP contribution < -0.4 is 10.1 Å². The number of nitrogens with one attached hydrogen (secondary N) is 1. The van der Waals surface area contributed by atoms with Crippen LogP contribution in [0.25, 0.3) is 0 Å². The first-order chi connectivity index (χ1) is 12.3. The minimum absolute atomic E-state index is 0.0194. The van der Waals surface area contributed by atoms with Gasteiger partial charge in [0, 0.05) is 12.1 Å². The van der Waals surface area contributed by atoms with E-state index in [4.69, 9.17) is 10.00 Å². The Morgan fingerprint density at radius 3 is 2.35 bits per heavy atom. The lowest BCUT2D eigenvalue weighted by Crippen LogP contribution is -2.27. The summed E-state index contributed by atoms with van der Waals surface area (Å²) in [5, 5.41) is 11.7. The number of hydrogen-bond donors (Lipinski definition) is 1. The van der Waals surface area contributed by atoms with Gasteiger partial charge < -0.3 is 10.1 Å². The van der Waals surface area contributed by atoms with E-state index < -0.39 is 5.97 Å². The zero-order chi connectivity index (χ0) is 19.2. The van der Waals surface area contributed by atoms with Crippen LogP contribution in [-0.2, 0) is 10.2 Å². The van der Waals surface area contributed by atoms with Crippen LogP contribution in [0.3, 0.4) is 0 Å². The number of ether oxygens (including phenoxy) is 1. The summed E-state index contributed by atoms with van der Waals surface area (Å²) in [6.45, 7) is 6.49. The number of esters is 1. The molecule has 0 atom stereocenters. The monoisotopic (exact) mass is 350 g/mol. The van der Waals surface area contributed by atoms with Crippen molar-refractivity contribution in [2.24, 2.45) is 0 Å². The van der Waals surface area contributed by atoms with Crippen LogP contribution >= 0.6 is 0 Å². The largest absolute Gasteiger partial charge is 0.425 e. The van der Waals surface area contributed by atoms with Crippen molar-refractivity contribution in [1.82, 2.24) is 5.32 Å². The van der Waals surface area contributed by atoms with E-state index in [1.165, 1.54) is 0 Å². The molecule has 2 aromatic carbocycles. The van der Waals surface area contributed by atoms with Gasteiger partial charge in [0.1, 0.15) is 11.8 Å². The van der Waals surface area contributed by atoms with Crippen LogP contribution in [-0.4, -0.2) is 18.4 Å². The average Bonchev–Trinajstić information content (AvgIpc) is 2.61. The SMILES string of the molecule is CC(C)(C)c1ccc(C(=O)NCCC(=O)Oc2ccccc2C#N)cc1. The summed E-state index contributed by atoms with van der Waals surface area (Å²) >= 11 is 0. The van der Waals surface area contributed by atoms with E-state index in [0.29, 0.717) is 11.1 Å². The minimum Gasteiger partial charge on any atom is -0.425 e. The van der Waals surface area contributed by atoms with E-state index in [-0.39, 0.29) is 30.0 Å². The van der Waals surface area contributed by atoms with Crippen LogP contribution in [0, 0.1) is 11.3 Å². The highest BCUT2D eigenvalue weighted by Gasteiger charge is 2.14. The van der Waals surface area contributed by atoms with Crippen molar-refractivity contribution in [3.8, 4) is 11.8 Å². The molecule has 1 amide bonds. The Kier molecular flexibility index (Phi) is 6.13. The molecule has 0 aliphatic carbocycles. The number of benzene rings is 2. The summed E-state index contributed by atoms with van der Waals surface area (Å²) in [6, 6.07) is 15.9. The van der Waals surface area contributed by atoms with Crippen molar-refractivity contribution in [2.75, 3.05) is 6.54 Å². The first-order valence-electron chi connectivity index (χ1n) is 8.40. The fraction of sp³-hybridized carbons (Fsp3) is 0.286. The molecule has 0 bridgehead atoms. The van der Waals surface area contributed by atoms with Crippen molar-refractivity contribution in [3.63, 3.8) is 0 Å². The highest BCUT2D eigenvalue weighted by Crippen LogP contribution is 2.22. The third-order valence-corrected chi connectivity index (χ3v) is 3.86. The lowest BCUT2D eigenvalue weighted by Gasteiger charge is -2.19. The lowest BCUT2D eigenvalue weighted by atomic mass is 9.87. The molecule has 0 aliphatic heterocycles. The number of amides is 1. The number of carbonyl (C=O) groups excluding carboxylic acids is 2. The van der Waals surface area contributed by atoms with Gasteiger partial charge in [-0.25, -0.2) is 0 Å². The van der Waals surface area contributed by atoms with Crippen LogP contribution in [0.2, 0.25) is 0 Å². The molecule has 0 aromatic heterocycles. The van der Waals surface area contributed by atoms with Gasteiger partial charge in [-0.3, -0.25) is 9.59 Å². The van der Waals surface area contributed by atoms with E-state index >= 15 is 0 Å². The molecule has 0 heterocycles. The molecule has 0 aliphatic rings. The van der Waals surface area contributed by atoms with Gasteiger partial charge in [0.25, 0.3) is 5.91 Å². The Hall–Kier alpha value is -3.13. The molecular formula is C21H22N2O3. The number of rotatable bonds is 5. The predicted molar refractivity (Wildman–Crippen MR) is 98.9 cm³/mol. The summed E-state index contributed by atoms with van der Waals surface area (Å²) in [5.41, 5.74) is 2.01. The zero-order valence-electron chi connectivity index (χ0n) is 15.2. The molecule has 0 fully saturated rings. The normalized spacial score (nSPS) is 10.7. The highest BCUT2D eigenvalue weighted by molar-refractivity contribution is 5.94. The molecule has 0 saturated heterocycles. The van der Waals surface area contributed by atoms with Crippen LogP contribution in [0.15, 0.2) is 48.5 Å². The standard InChI is InChI=1S/C21H22N2O3/c1-21(2,3)17-10-8-15(9-11-17)20(25)23-13-12-19(24)26-18-7-5-4-6-16(18)14-22/h4-11H,12-13H2,1-3H3,(H,23,25). The van der Waals surface area contributed by atoms with Gasteiger partial charge in [-0.05, 0) is 35.2 Å². The maximum absolute atomic E-state index is 12.1.